The third kappa shape index (κ3) is 11.3. The molecule has 0 saturated heterocycles. The van der Waals surface area contributed by atoms with E-state index in [2.05, 4.69) is 47.5 Å². The molecule has 0 fully saturated rings. The van der Waals surface area contributed by atoms with E-state index in [1.165, 1.54) is 12.7 Å². The quantitative estimate of drug-likeness (QED) is 0.0655. The molecule has 8 rings (SSSR count). The van der Waals surface area contributed by atoms with Crippen molar-refractivity contribution in [1.29, 1.82) is 0 Å². The maximum Gasteiger partial charge on any atom is 0.196 e. The lowest BCUT2D eigenvalue weighted by atomic mass is 10.0. The number of ether oxygens (including phenoxy) is 2. The number of carbonyl (C=O) groups excluding carboxylic acids is 2. The number of carbonyl (C=O) groups is 2. The third-order valence-electron chi connectivity index (χ3n) is 8.74. The van der Waals surface area contributed by atoms with E-state index >= 15 is 0 Å². The zero-order valence-corrected chi connectivity index (χ0v) is 32.6. The second-order valence-corrected chi connectivity index (χ2v) is 13.5. The van der Waals surface area contributed by atoms with E-state index in [0.717, 1.165) is 13.0 Å². The average molecular weight is 879 g/mol. The standard InChI is InChI=1S/C22H19ClN4O2.C21H18ClN5O2.4CH4/c1-2-10-24-21-19-17(12-25-22(19)27-13-26-21)20(28)16-9-8-15(11-18(16)23)29-14-6-4-3-5-7-14;22-17-10-14(29-13-4-2-1-3-5-13)6-7-15(17)19(28)16-11-25-21-18(16)20(24-9-8-23)26-12-27-21;;;;/h3-9,11-13H,2,10H2,1H3,(H2,24,25,26,27);1-7,10-12H,8-9,23H2,(H2,24,25,26,27);4*1H4. The fourth-order valence-electron chi connectivity index (χ4n) is 6.01. The molecule has 6 N–H and O–H groups in total. The Morgan fingerprint density at radius 3 is 1.39 bits per heavy atom. The third-order valence-corrected chi connectivity index (χ3v) is 9.36. The Morgan fingerprint density at radius 1 is 0.581 bits per heavy atom. The Bertz CT molecular complexity index is 2510. The molecule has 4 heterocycles. The van der Waals surface area contributed by atoms with Gasteiger partial charge in [-0.2, -0.15) is 0 Å². The molecular weight excluding hydrogens is 825 g/mol. The molecule has 0 unspecified atom stereocenters. The number of fused-ring (bicyclic) bond motifs is 2. The van der Waals surface area contributed by atoms with Crippen LogP contribution in [0.1, 0.15) is 74.9 Å². The highest BCUT2D eigenvalue weighted by Gasteiger charge is 2.22. The fourth-order valence-corrected chi connectivity index (χ4v) is 6.52. The number of rotatable bonds is 14. The van der Waals surface area contributed by atoms with E-state index in [1.54, 1.807) is 48.8 Å². The topological polar surface area (TPSA) is 186 Å². The highest BCUT2D eigenvalue weighted by molar-refractivity contribution is 6.36. The number of aromatic amines is 2. The van der Waals surface area contributed by atoms with E-state index in [-0.39, 0.29) is 41.3 Å². The second-order valence-electron chi connectivity index (χ2n) is 12.7. The van der Waals surface area contributed by atoms with Gasteiger partial charge in [-0.25, -0.2) is 19.9 Å². The van der Waals surface area contributed by atoms with Crippen molar-refractivity contribution in [3.8, 4) is 23.0 Å². The number of benzene rings is 4. The minimum Gasteiger partial charge on any atom is -0.457 e. The summed E-state index contributed by atoms with van der Waals surface area (Å²) in [7, 11) is 0. The minimum absolute atomic E-state index is 0. The highest BCUT2D eigenvalue weighted by atomic mass is 35.5. The van der Waals surface area contributed by atoms with E-state index < -0.39 is 0 Å². The largest absolute Gasteiger partial charge is 0.457 e. The van der Waals surface area contributed by atoms with Gasteiger partial charge in [0.2, 0.25) is 0 Å². The van der Waals surface area contributed by atoms with Crippen LogP contribution in [0.25, 0.3) is 22.1 Å². The molecule has 0 bridgehead atoms. The Hall–Kier alpha value is -6.80. The molecule has 0 atom stereocenters. The Labute approximate surface area is 372 Å². The first kappa shape index (κ1) is 49.6. The van der Waals surface area contributed by atoms with Gasteiger partial charge in [0.25, 0.3) is 0 Å². The number of ketones is 2. The Kier molecular flexibility index (Phi) is 18.6. The first-order valence-electron chi connectivity index (χ1n) is 18.3. The lowest BCUT2D eigenvalue weighted by molar-refractivity contribution is 0.103. The summed E-state index contributed by atoms with van der Waals surface area (Å²) >= 11 is 12.8. The van der Waals surface area contributed by atoms with Gasteiger partial charge in [0, 0.05) is 55.3 Å². The van der Waals surface area contributed by atoms with Crippen molar-refractivity contribution in [3.63, 3.8) is 0 Å². The molecule has 0 aliphatic carbocycles. The number of para-hydroxylation sites is 2. The number of hydrogen-bond acceptors (Lipinski definition) is 11. The molecule has 324 valence electrons. The van der Waals surface area contributed by atoms with Gasteiger partial charge in [-0.15, -0.1) is 0 Å². The molecule has 62 heavy (non-hydrogen) atoms. The lowest BCUT2D eigenvalue weighted by Crippen LogP contribution is -2.14. The van der Waals surface area contributed by atoms with Gasteiger partial charge in [-0.05, 0) is 55.0 Å². The SMILES string of the molecule is C.C.C.C.CCCNc1ncnc2[nH]cc(C(=O)c3ccc(Oc4ccccc4)cc3Cl)c12.NCCNc1ncnc2[nH]cc(C(=O)c3ccc(Oc4ccccc4)cc3Cl)c12. The summed E-state index contributed by atoms with van der Waals surface area (Å²) in [6, 6.07) is 28.8. The second kappa shape index (κ2) is 23.3. The molecule has 0 radical (unpaired) electrons. The molecule has 13 nitrogen and oxygen atoms in total. The monoisotopic (exact) mass is 877 g/mol. The normalized spacial score (nSPS) is 10.1. The molecule has 0 saturated carbocycles. The van der Waals surface area contributed by atoms with Crippen LogP contribution in [0.4, 0.5) is 11.6 Å². The summed E-state index contributed by atoms with van der Waals surface area (Å²) in [6.45, 7) is 3.77. The summed E-state index contributed by atoms with van der Waals surface area (Å²) in [6.07, 6.45) is 7.08. The summed E-state index contributed by atoms with van der Waals surface area (Å²) < 4.78 is 11.6. The van der Waals surface area contributed by atoms with Gasteiger partial charge in [0.1, 0.15) is 58.6 Å². The summed E-state index contributed by atoms with van der Waals surface area (Å²) in [5, 5.41) is 8.24. The number of nitrogens with one attached hydrogen (secondary N) is 4. The zero-order valence-electron chi connectivity index (χ0n) is 31.1. The van der Waals surface area contributed by atoms with Crippen LogP contribution in [0, 0.1) is 0 Å². The Morgan fingerprint density at radius 2 is 1.00 bits per heavy atom. The fraction of sp³-hybridized carbons (Fsp3) is 0.191. The van der Waals surface area contributed by atoms with Gasteiger partial charge in [-0.3, -0.25) is 9.59 Å². The van der Waals surface area contributed by atoms with Crippen LogP contribution in [0.2, 0.25) is 10.0 Å². The van der Waals surface area contributed by atoms with Crippen molar-refractivity contribution in [2.24, 2.45) is 5.73 Å². The van der Waals surface area contributed by atoms with Crippen molar-refractivity contribution < 1.29 is 19.1 Å². The van der Waals surface area contributed by atoms with Crippen molar-refractivity contribution in [1.82, 2.24) is 29.9 Å². The van der Waals surface area contributed by atoms with Crippen LogP contribution < -0.4 is 25.8 Å². The smallest absolute Gasteiger partial charge is 0.196 e. The maximum atomic E-state index is 13.2. The average Bonchev–Trinajstić information content (AvgIpc) is 3.89. The lowest BCUT2D eigenvalue weighted by Gasteiger charge is -2.09. The number of hydrogen-bond donors (Lipinski definition) is 5. The summed E-state index contributed by atoms with van der Waals surface area (Å²) in [4.78, 5) is 49.4. The molecule has 0 spiro atoms. The molecule has 4 aromatic heterocycles. The van der Waals surface area contributed by atoms with Gasteiger partial charge in [0.05, 0.1) is 31.9 Å². The van der Waals surface area contributed by atoms with Crippen molar-refractivity contribution >= 4 is 68.5 Å². The van der Waals surface area contributed by atoms with Gasteiger partial charge >= 0.3 is 0 Å². The van der Waals surface area contributed by atoms with Gasteiger partial charge in [0.15, 0.2) is 11.6 Å². The predicted octanol–water partition coefficient (Wildman–Crippen LogP) is 12.0. The highest BCUT2D eigenvalue weighted by Crippen LogP contribution is 2.33. The molecular formula is C47H53Cl2N9O4. The van der Waals surface area contributed by atoms with E-state index in [9.17, 15) is 9.59 Å². The van der Waals surface area contributed by atoms with Crippen LogP contribution in [-0.2, 0) is 0 Å². The number of nitrogens with zero attached hydrogens (tertiary/aromatic N) is 4. The van der Waals surface area contributed by atoms with Crippen LogP contribution in [0.5, 0.6) is 23.0 Å². The van der Waals surface area contributed by atoms with Gasteiger partial charge < -0.3 is 35.8 Å². The van der Waals surface area contributed by atoms with Crippen LogP contribution >= 0.6 is 23.2 Å². The molecule has 0 aliphatic rings. The van der Waals surface area contributed by atoms with Crippen LogP contribution in [0.3, 0.4) is 0 Å². The molecule has 8 aromatic rings. The van der Waals surface area contributed by atoms with Crippen molar-refractivity contribution in [2.45, 2.75) is 43.1 Å². The summed E-state index contributed by atoms with van der Waals surface area (Å²) in [5.41, 5.74) is 8.37. The number of H-pyrrole nitrogens is 2. The molecule has 0 aliphatic heterocycles. The van der Waals surface area contributed by atoms with E-state index in [1.807, 2.05) is 60.7 Å². The molecule has 4 aromatic carbocycles. The van der Waals surface area contributed by atoms with Crippen molar-refractivity contribution in [3.05, 3.63) is 154 Å². The maximum absolute atomic E-state index is 13.2. The molecule has 0 amide bonds. The first-order valence-corrected chi connectivity index (χ1v) is 19.1. The summed E-state index contributed by atoms with van der Waals surface area (Å²) in [5.74, 6) is 3.22. The van der Waals surface area contributed by atoms with Gasteiger partial charge in [-0.1, -0.05) is 96.2 Å². The Balaban J connectivity index is 0.000000310. The van der Waals surface area contributed by atoms with E-state index in [0.29, 0.717) is 102 Å². The van der Waals surface area contributed by atoms with Crippen LogP contribution in [-0.4, -0.2) is 61.1 Å². The number of anilines is 2. The number of nitrogens with two attached hydrogens (primary N) is 1. The zero-order chi connectivity index (χ0) is 40.4. The van der Waals surface area contributed by atoms with Crippen molar-refractivity contribution in [2.75, 3.05) is 30.3 Å². The minimum atomic E-state index is -0.238. The predicted molar refractivity (Wildman–Crippen MR) is 254 cm³/mol. The first-order chi connectivity index (χ1) is 28.3. The number of halogens is 2. The number of aromatic nitrogens is 6. The van der Waals surface area contributed by atoms with Crippen LogP contribution in [0.15, 0.2) is 122 Å². The van der Waals surface area contributed by atoms with E-state index in [4.69, 9.17) is 38.4 Å². The molecule has 15 heteroatoms.